The lowest BCUT2D eigenvalue weighted by Crippen LogP contribution is -2.20. The maximum absolute atomic E-state index is 10.8. The van der Waals surface area contributed by atoms with E-state index in [1.807, 2.05) is 6.07 Å². The van der Waals surface area contributed by atoms with Crippen molar-refractivity contribution < 1.29 is 19.2 Å². The molecular weight excluding hydrogens is 293 g/mol. The summed E-state index contributed by atoms with van der Waals surface area (Å²) in [6, 6.07) is 10.5. The molecule has 0 aliphatic heterocycles. The second kappa shape index (κ2) is 10.1. The van der Waals surface area contributed by atoms with Crippen LogP contribution in [-0.4, -0.2) is 28.5 Å². The van der Waals surface area contributed by atoms with Crippen molar-refractivity contribution in [1.29, 1.82) is 5.26 Å². The van der Waals surface area contributed by atoms with Crippen LogP contribution in [0.2, 0.25) is 0 Å². The lowest BCUT2D eigenvalue weighted by atomic mass is 10.1. The molecule has 0 heterocycles. The highest BCUT2D eigenvalue weighted by atomic mass is 31.2. The molecule has 0 fully saturated rings. The number of benzene rings is 1. The molecule has 1 atom stereocenters. The molecule has 0 saturated carbocycles. The normalized spacial score (nSPS) is 13.8. The molecule has 0 bridgehead atoms. The first-order valence-corrected chi connectivity index (χ1v) is 7.86. The van der Waals surface area contributed by atoms with Crippen molar-refractivity contribution in [3.63, 3.8) is 0 Å². The first-order chi connectivity index (χ1) is 9.86. The van der Waals surface area contributed by atoms with Gasteiger partial charge in [-0.15, -0.1) is 0 Å². The summed E-state index contributed by atoms with van der Waals surface area (Å²) in [5.41, 5.74) is 0.656. The molecule has 0 amide bonds. The molecule has 3 N–H and O–H groups in total. The highest BCUT2D eigenvalue weighted by molar-refractivity contribution is 7.50. The van der Waals surface area contributed by atoms with Crippen LogP contribution in [0, 0.1) is 11.3 Å². The zero-order valence-corrected chi connectivity index (χ0v) is 13.1. The minimum atomic E-state index is -3.50. The molecule has 8 heteroatoms. The van der Waals surface area contributed by atoms with Gasteiger partial charge in [0.25, 0.3) is 0 Å². The van der Waals surface area contributed by atoms with E-state index >= 15 is 0 Å². The molecule has 1 rings (SSSR count). The summed E-state index contributed by atoms with van der Waals surface area (Å²) < 4.78 is 15.4. The van der Waals surface area contributed by atoms with E-state index < -0.39 is 7.75 Å². The van der Waals surface area contributed by atoms with E-state index in [0.717, 1.165) is 0 Å². The Kier molecular flexibility index (Phi) is 9.26. The third kappa shape index (κ3) is 8.95. The lowest BCUT2D eigenvalue weighted by molar-refractivity contribution is 0.260. The zero-order chi connectivity index (χ0) is 16.3. The number of rotatable bonds is 5. The van der Waals surface area contributed by atoms with E-state index in [1.165, 1.54) is 0 Å². The molecular formula is C13H20N3O4P. The quantitative estimate of drug-likeness (QED) is 0.333. The number of hydrogen-bond donors (Lipinski definition) is 3. The highest BCUT2D eigenvalue weighted by Gasteiger charge is 2.18. The van der Waals surface area contributed by atoms with Crippen LogP contribution >= 0.6 is 7.75 Å². The van der Waals surface area contributed by atoms with Gasteiger partial charge in [-0.1, -0.05) is 35.5 Å². The molecule has 21 heavy (non-hydrogen) atoms. The summed E-state index contributed by atoms with van der Waals surface area (Å²) >= 11 is 0. The van der Waals surface area contributed by atoms with Gasteiger partial charge in [0.15, 0.2) is 5.71 Å². The minimum absolute atomic E-state index is 0.0330. The van der Waals surface area contributed by atoms with Gasteiger partial charge in [-0.3, -0.25) is 4.52 Å². The van der Waals surface area contributed by atoms with Crippen LogP contribution in [0.1, 0.15) is 26.3 Å². The molecule has 0 aliphatic carbocycles. The first kappa shape index (κ1) is 19.3. The number of nitrogens with one attached hydrogen (secondary N) is 1. The Morgan fingerprint density at radius 1 is 1.48 bits per heavy atom. The highest BCUT2D eigenvalue weighted by Crippen LogP contribution is 2.36. The number of nitriles is 1. The maximum Gasteiger partial charge on any atom is 0.403 e. The van der Waals surface area contributed by atoms with Gasteiger partial charge in [0.05, 0.1) is 6.61 Å². The van der Waals surface area contributed by atoms with Crippen LogP contribution in [0.25, 0.3) is 0 Å². The third-order valence-corrected chi connectivity index (χ3v) is 3.43. The first-order valence-electron chi connectivity index (χ1n) is 6.29. The topological polar surface area (TPSA) is 115 Å². The van der Waals surface area contributed by atoms with Gasteiger partial charge >= 0.3 is 7.75 Å². The molecule has 1 aromatic carbocycles. The van der Waals surface area contributed by atoms with E-state index in [1.54, 1.807) is 51.1 Å². The second-order valence-electron chi connectivity index (χ2n) is 4.15. The summed E-state index contributed by atoms with van der Waals surface area (Å²) in [5.74, 6) is 0. The van der Waals surface area contributed by atoms with Crippen molar-refractivity contribution in [2.24, 2.45) is 5.16 Å². The van der Waals surface area contributed by atoms with Gasteiger partial charge in [0.1, 0.15) is 6.07 Å². The smallest absolute Gasteiger partial charge is 0.403 e. The Hall–Kier alpha value is -1.71. The predicted molar refractivity (Wildman–Crippen MR) is 80.1 cm³/mol. The second-order valence-corrected chi connectivity index (χ2v) is 5.71. The lowest BCUT2D eigenvalue weighted by Gasteiger charge is -2.13. The summed E-state index contributed by atoms with van der Waals surface area (Å²) in [5, 5.41) is 22.0. The van der Waals surface area contributed by atoms with Crippen LogP contribution in [-0.2, 0) is 9.09 Å². The molecule has 1 unspecified atom stereocenters. The van der Waals surface area contributed by atoms with Crippen molar-refractivity contribution in [3.8, 4) is 6.07 Å². The van der Waals surface area contributed by atoms with Crippen LogP contribution in [0.3, 0.4) is 0 Å². The van der Waals surface area contributed by atoms with Crippen molar-refractivity contribution in [3.05, 3.63) is 35.9 Å². The van der Waals surface area contributed by atoms with Crippen molar-refractivity contribution in [1.82, 2.24) is 5.09 Å². The monoisotopic (exact) mass is 313 g/mol. The summed E-state index contributed by atoms with van der Waals surface area (Å²) in [6.07, 6.45) is 0. The van der Waals surface area contributed by atoms with E-state index in [-0.39, 0.29) is 18.4 Å². The predicted octanol–water partition coefficient (Wildman–Crippen LogP) is 2.51. The van der Waals surface area contributed by atoms with Gasteiger partial charge in [-0.05, 0) is 20.8 Å². The average molecular weight is 313 g/mol. The number of oxime groups is 1. The van der Waals surface area contributed by atoms with Crippen LogP contribution < -0.4 is 5.09 Å². The molecule has 7 nitrogen and oxygen atoms in total. The fourth-order valence-electron chi connectivity index (χ4n) is 1.28. The van der Waals surface area contributed by atoms with Gasteiger partial charge < -0.3 is 10.1 Å². The van der Waals surface area contributed by atoms with Gasteiger partial charge in [-0.2, -0.15) is 5.26 Å². The number of hydrogen-bond acceptors (Lipinski definition) is 5. The largest absolute Gasteiger partial charge is 0.410 e. The third-order valence-electron chi connectivity index (χ3n) is 1.98. The standard InChI is InChI=1S/C8H6N2O.C5H14NO3P/c9-6-8(10-11)7-4-2-1-3-5-7;1-4-9-10(7,8)6-5(2)3/h1-5,11H;5H,4H2,1-3H3,(H2,6,7,8)/b10-8-;. The number of nitrogens with zero attached hydrogens (tertiary/aromatic N) is 2. The zero-order valence-electron chi connectivity index (χ0n) is 12.2. The molecule has 0 radical (unpaired) electrons. The SMILES string of the molecule is CCOP(=O)(O)NC(C)C.N#C/C(=N/O)c1ccccc1. The average Bonchev–Trinajstić information content (AvgIpc) is 2.40. The van der Waals surface area contributed by atoms with E-state index in [2.05, 4.69) is 14.8 Å². The Morgan fingerprint density at radius 3 is 2.43 bits per heavy atom. The van der Waals surface area contributed by atoms with Crippen molar-refractivity contribution in [2.45, 2.75) is 26.8 Å². The van der Waals surface area contributed by atoms with Gasteiger partial charge in [0.2, 0.25) is 0 Å². The summed E-state index contributed by atoms with van der Waals surface area (Å²) in [6.45, 7) is 5.47. The Bertz CT molecular complexity index is 526. The fourth-order valence-corrected chi connectivity index (χ4v) is 2.36. The van der Waals surface area contributed by atoms with Crippen LogP contribution in [0.15, 0.2) is 35.5 Å². The minimum Gasteiger partial charge on any atom is -0.410 e. The molecule has 116 valence electrons. The van der Waals surface area contributed by atoms with Gasteiger partial charge in [0, 0.05) is 11.6 Å². The van der Waals surface area contributed by atoms with Crippen molar-refractivity contribution >= 4 is 13.5 Å². The molecule has 0 saturated heterocycles. The van der Waals surface area contributed by atoms with Crippen LogP contribution in [0.5, 0.6) is 0 Å². The van der Waals surface area contributed by atoms with Crippen molar-refractivity contribution in [2.75, 3.05) is 6.61 Å². The molecule has 0 aromatic heterocycles. The van der Waals surface area contributed by atoms with Crippen LogP contribution in [0.4, 0.5) is 0 Å². The maximum atomic E-state index is 10.8. The molecule has 0 aliphatic rings. The van der Waals surface area contributed by atoms with E-state index in [9.17, 15) is 4.57 Å². The molecule has 1 aromatic rings. The Labute approximate surface area is 124 Å². The van der Waals surface area contributed by atoms with Gasteiger partial charge in [-0.25, -0.2) is 9.65 Å². The molecule has 0 spiro atoms. The fraction of sp³-hybridized carbons (Fsp3) is 0.385. The summed E-state index contributed by atoms with van der Waals surface area (Å²) in [7, 11) is -3.50. The van der Waals surface area contributed by atoms with E-state index in [0.29, 0.717) is 5.56 Å². The Morgan fingerprint density at radius 2 is 2.05 bits per heavy atom. The van der Waals surface area contributed by atoms with E-state index in [4.69, 9.17) is 15.4 Å². The Balaban J connectivity index is 0.000000384. The summed E-state index contributed by atoms with van der Waals surface area (Å²) in [4.78, 5) is 8.91.